The van der Waals surface area contributed by atoms with Gasteiger partial charge in [-0.15, -0.1) is 0 Å². The third-order valence-electron chi connectivity index (χ3n) is 5.78. The minimum absolute atomic E-state index is 0.0143. The molecule has 0 radical (unpaired) electrons. The van der Waals surface area contributed by atoms with Crippen LogP contribution in [0.2, 0.25) is 5.02 Å². The maximum atomic E-state index is 12.9. The number of carboxylic acid groups (broad SMARTS) is 1. The average molecular weight is 496 g/mol. The smallest absolute Gasteiger partial charge is 0.407 e. The van der Waals surface area contributed by atoms with Gasteiger partial charge in [0.2, 0.25) is 11.8 Å². The van der Waals surface area contributed by atoms with Crippen LogP contribution in [0.25, 0.3) is 0 Å². The normalized spacial score (nSPS) is 17.6. The SMILES string of the molecule is CC(C)C[C@H](NC(=O)OCC(C)(C)c1cccc(Cl)c1)C(=O)N[C@@H](C[C@@H]1CCNC1=O)C(=O)O. The van der Waals surface area contributed by atoms with Gasteiger partial charge >= 0.3 is 12.1 Å². The standard InChI is InChI=1S/C24H34ClN3O6/c1-14(2)10-18(21(30)27-19(22(31)32)11-15-8-9-26-20(15)29)28-23(33)34-13-24(3,4)16-6-5-7-17(25)12-16/h5-7,12,14-15,18-19H,8-11,13H2,1-4H3,(H,26,29)(H,27,30)(H,28,33)(H,31,32)/t15-,18-,19-/m0/s1. The maximum Gasteiger partial charge on any atom is 0.407 e. The Morgan fingerprint density at radius 2 is 1.94 bits per heavy atom. The predicted octanol–water partition coefficient (Wildman–Crippen LogP) is 2.85. The van der Waals surface area contributed by atoms with Crippen LogP contribution in [-0.4, -0.2) is 54.2 Å². The fourth-order valence-electron chi connectivity index (χ4n) is 3.77. The number of aliphatic carboxylic acids is 1. The summed E-state index contributed by atoms with van der Waals surface area (Å²) >= 11 is 6.06. The molecule has 9 nitrogen and oxygen atoms in total. The van der Waals surface area contributed by atoms with Gasteiger partial charge in [0.05, 0.1) is 0 Å². The highest BCUT2D eigenvalue weighted by atomic mass is 35.5. The Bertz CT molecular complexity index is 904. The lowest BCUT2D eigenvalue weighted by molar-refractivity contribution is -0.143. The summed E-state index contributed by atoms with van der Waals surface area (Å²) in [6.45, 7) is 8.10. The van der Waals surface area contributed by atoms with Crippen LogP contribution in [0.4, 0.5) is 4.79 Å². The number of nitrogens with one attached hydrogen (secondary N) is 3. The van der Waals surface area contributed by atoms with Gasteiger partial charge in [0.1, 0.15) is 18.7 Å². The zero-order valence-corrected chi connectivity index (χ0v) is 20.8. The topological polar surface area (TPSA) is 134 Å². The lowest BCUT2D eigenvalue weighted by atomic mass is 9.86. The molecule has 0 bridgehead atoms. The molecule has 3 atom stereocenters. The summed E-state index contributed by atoms with van der Waals surface area (Å²) in [5.41, 5.74) is 0.374. The molecule has 2 rings (SSSR count). The van der Waals surface area contributed by atoms with Crippen LogP contribution < -0.4 is 16.0 Å². The number of ether oxygens (including phenoxy) is 1. The van der Waals surface area contributed by atoms with Gasteiger partial charge in [-0.1, -0.05) is 51.4 Å². The summed E-state index contributed by atoms with van der Waals surface area (Å²) in [5.74, 6) is -2.52. The van der Waals surface area contributed by atoms with E-state index in [-0.39, 0.29) is 31.3 Å². The van der Waals surface area contributed by atoms with Crippen molar-refractivity contribution in [2.24, 2.45) is 11.8 Å². The highest BCUT2D eigenvalue weighted by Gasteiger charge is 2.33. The van der Waals surface area contributed by atoms with Crippen LogP contribution in [0.1, 0.15) is 52.5 Å². The highest BCUT2D eigenvalue weighted by Crippen LogP contribution is 2.26. The van der Waals surface area contributed by atoms with Crippen molar-refractivity contribution < 1.29 is 29.0 Å². The molecule has 10 heteroatoms. The molecule has 0 aliphatic carbocycles. The number of benzene rings is 1. The van der Waals surface area contributed by atoms with E-state index in [4.69, 9.17) is 16.3 Å². The third kappa shape index (κ3) is 8.20. The quantitative estimate of drug-likeness (QED) is 0.373. The van der Waals surface area contributed by atoms with Crippen LogP contribution in [0, 0.1) is 11.8 Å². The second kappa shape index (κ2) is 12.1. The van der Waals surface area contributed by atoms with E-state index in [9.17, 15) is 24.3 Å². The van der Waals surface area contributed by atoms with E-state index in [1.807, 2.05) is 39.8 Å². The van der Waals surface area contributed by atoms with Crippen molar-refractivity contribution in [2.75, 3.05) is 13.2 Å². The van der Waals surface area contributed by atoms with E-state index in [1.54, 1.807) is 12.1 Å². The molecule has 1 heterocycles. The van der Waals surface area contributed by atoms with Crippen LogP contribution in [0.5, 0.6) is 0 Å². The van der Waals surface area contributed by atoms with Crippen LogP contribution in [0.15, 0.2) is 24.3 Å². The molecule has 1 aromatic carbocycles. The largest absolute Gasteiger partial charge is 0.480 e. The molecular formula is C24H34ClN3O6. The molecule has 0 aromatic heterocycles. The number of rotatable bonds is 11. The van der Waals surface area contributed by atoms with Gasteiger partial charge in [-0.3, -0.25) is 9.59 Å². The number of hydrogen-bond donors (Lipinski definition) is 4. The molecule has 0 saturated carbocycles. The number of amides is 3. The van der Waals surface area contributed by atoms with Crippen molar-refractivity contribution in [1.82, 2.24) is 16.0 Å². The van der Waals surface area contributed by atoms with Crippen molar-refractivity contribution in [1.29, 1.82) is 0 Å². The molecule has 3 amide bonds. The van der Waals surface area contributed by atoms with Gasteiger partial charge in [-0.05, 0) is 42.9 Å². The predicted molar refractivity (Wildman–Crippen MR) is 128 cm³/mol. The van der Waals surface area contributed by atoms with E-state index in [1.165, 1.54) is 0 Å². The Hall–Kier alpha value is -2.81. The van der Waals surface area contributed by atoms with Gasteiger partial charge in [-0.25, -0.2) is 9.59 Å². The summed E-state index contributed by atoms with van der Waals surface area (Å²) in [7, 11) is 0. The molecule has 1 aliphatic heterocycles. The average Bonchev–Trinajstić information content (AvgIpc) is 3.15. The van der Waals surface area contributed by atoms with E-state index in [0.717, 1.165) is 5.56 Å². The second-order valence-electron chi connectivity index (χ2n) is 9.71. The monoisotopic (exact) mass is 495 g/mol. The highest BCUT2D eigenvalue weighted by molar-refractivity contribution is 6.30. The summed E-state index contributed by atoms with van der Waals surface area (Å²) in [6.07, 6.45) is 0.00737. The number of carboxylic acids is 1. The first-order valence-electron chi connectivity index (χ1n) is 11.4. The first-order valence-corrected chi connectivity index (χ1v) is 11.8. The van der Waals surface area contributed by atoms with Crippen molar-refractivity contribution in [3.63, 3.8) is 0 Å². The molecule has 1 aromatic rings. The Balaban J connectivity index is 2.00. The Labute approximate surface area is 205 Å². The number of halogens is 1. The van der Waals surface area contributed by atoms with E-state index >= 15 is 0 Å². The molecule has 1 saturated heterocycles. The summed E-state index contributed by atoms with van der Waals surface area (Å²) in [4.78, 5) is 48.9. The van der Waals surface area contributed by atoms with Crippen molar-refractivity contribution in [3.8, 4) is 0 Å². The van der Waals surface area contributed by atoms with E-state index in [0.29, 0.717) is 18.0 Å². The van der Waals surface area contributed by atoms with Gasteiger partial charge in [-0.2, -0.15) is 0 Å². The lowest BCUT2D eigenvalue weighted by Gasteiger charge is -2.26. The van der Waals surface area contributed by atoms with Crippen molar-refractivity contribution in [2.45, 2.75) is 64.5 Å². The van der Waals surface area contributed by atoms with Crippen LogP contribution in [0.3, 0.4) is 0 Å². The molecule has 34 heavy (non-hydrogen) atoms. The summed E-state index contributed by atoms with van der Waals surface area (Å²) in [6, 6.07) is 5.04. The molecular weight excluding hydrogens is 462 g/mol. The zero-order valence-electron chi connectivity index (χ0n) is 20.0. The molecule has 1 aliphatic rings. The Morgan fingerprint density at radius 1 is 1.24 bits per heavy atom. The lowest BCUT2D eigenvalue weighted by Crippen LogP contribution is -2.53. The first-order chi connectivity index (χ1) is 15.9. The third-order valence-corrected chi connectivity index (χ3v) is 6.02. The Kier molecular flexibility index (Phi) is 9.73. The number of alkyl carbamates (subject to hydrolysis) is 1. The minimum atomic E-state index is -1.24. The van der Waals surface area contributed by atoms with Crippen LogP contribution >= 0.6 is 11.6 Å². The van der Waals surface area contributed by atoms with Crippen molar-refractivity contribution in [3.05, 3.63) is 34.9 Å². The fourth-order valence-corrected chi connectivity index (χ4v) is 3.96. The zero-order chi connectivity index (χ0) is 25.5. The van der Waals surface area contributed by atoms with Crippen LogP contribution in [-0.2, 0) is 24.5 Å². The molecule has 0 spiro atoms. The Morgan fingerprint density at radius 3 is 2.50 bits per heavy atom. The minimum Gasteiger partial charge on any atom is -0.480 e. The van der Waals surface area contributed by atoms with Gasteiger partial charge in [0, 0.05) is 22.9 Å². The number of hydrogen-bond acceptors (Lipinski definition) is 5. The van der Waals surface area contributed by atoms with Gasteiger partial charge < -0.3 is 25.8 Å². The van der Waals surface area contributed by atoms with E-state index < -0.39 is 41.4 Å². The molecule has 188 valence electrons. The fraction of sp³-hybridized carbons (Fsp3) is 0.583. The molecule has 0 unspecified atom stereocenters. The number of carbonyl (C=O) groups is 4. The second-order valence-corrected chi connectivity index (χ2v) is 10.1. The molecule has 4 N–H and O–H groups in total. The van der Waals surface area contributed by atoms with Crippen molar-refractivity contribution >= 4 is 35.5 Å². The summed E-state index contributed by atoms with van der Waals surface area (Å²) < 4.78 is 5.40. The summed E-state index contributed by atoms with van der Waals surface area (Å²) in [5, 5.41) is 17.8. The number of carbonyl (C=O) groups excluding carboxylic acids is 3. The van der Waals surface area contributed by atoms with Gasteiger partial charge in [0.25, 0.3) is 0 Å². The van der Waals surface area contributed by atoms with Gasteiger partial charge in [0.15, 0.2) is 0 Å². The maximum absolute atomic E-state index is 12.9. The first kappa shape index (κ1) is 27.4. The van der Waals surface area contributed by atoms with E-state index in [2.05, 4.69) is 16.0 Å². The molecule has 1 fully saturated rings.